The van der Waals surface area contributed by atoms with E-state index < -0.39 is 0 Å². The van der Waals surface area contributed by atoms with Crippen molar-refractivity contribution in [2.24, 2.45) is 0 Å². The van der Waals surface area contributed by atoms with Gasteiger partial charge in [0.15, 0.2) is 0 Å². The van der Waals surface area contributed by atoms with E-state index in [9.17, 15) is 0 Å². The fourth-order valence-electron chi connectivity index (χ4n) is 2.76. The minimum Gasteiger partial charge on any atom is -0.381 e. The van der Waals surface area contributed by atoms with Crippen LogP contribution >= 0.6 is 11.3 Å². The highest BCUT2D eigenvalue weighted by molar-refractivity contribution is 7.17. The van der Waals surface area contributed by atoms with E-state index in [1.165, 1.54) is 39.7 Å². The fourth-order valence-corrected chi connectivity index (χ4v) is 3.53. The van der Waals surface area contributed by atoms with Crippen molar-refractivity contribution in [2.75, 3.05) is 5.32 Å². The number of hydrogen-bond donors (Lipinski definition) is 1. The summed E-state index contributed by atoms with van der Waals surface area (Å²) in [6.45, 7) is 0.919. The van der Waals surface area contributed by atoms with Crippen molar-refractivity contribution in [1.29, 1.82) is 0 Å². The van der Waals surface area contributed by atoms with Gasteiger partial charge >= 0.3 is 0 Å². The van der Waals surface area contributed by atoms with E-state index in [0.717, 1.165) is 12.5 Å². The number of nitrogens with one attached hydrogen (secondary N) is 1. The van der Waals surface area contributed by atoms with Gasteiger partial charge in [0.1, 0.15) is 0 Å². The molecule has 1 nitrogen and oxygen atoms in total. The van der Waals surface area contributed by atoms with Crippen LogP contribution in [-0.2, 0) is 6.54 Å². The Balaban J connectivity index is 1.54. The smallest absolute Gasteiger partial charge is 0.0403 e. The van der Waals surface area contributed by atoms with Crippen molar-refractivity contribution in [3.63, 3.8) is 0 Å². The van der Waals surface area contributed by atoms with Crippen LogP contribution in [0, 0.1) is 0 Å². The fraction of sp³-hybridized carbons (Fsp3) is 0.222. The molecule has 0 spiro atoms. The van der Waals surface area contributed by atoms with Crippen molar-refractivity contribution < 1.29 is 0 Å². The molecule has 2 aromatic carbocycles. The third kappa shape index (κ3) is 2.32. The quantitative estimate of drug-likeness (QED) is 0.675. The largest absolute Gasteiger partial charge is 0.381 e. The Kier molecular flexibility index (Phi) is 2.96. The predicted octanol–water partition coefficient (Wildman–Crippen LogP) is 5.39. The summed E-state index contributed by atoms with van der Waals surface area (Å²) < 4.78 is 1.36. The van der Waals surface area contributed by atoms with Crippen molar-refractivity contribution in [3.05, 3.63) is 65.0 Å². The Labute approximate surface area is 123 Å². The van der Waals surface area contributed by atoms with Gasteiger partial charge in [0.2, 0.25) is 0 Å². The van der Waals surface area contributed by atoms with E-state index in [1.54, 1.807) is 11.3 Å². The lowest BCUT2D eigenvalue weighted by atomic mass is 10.0. The van der Waals surface area contributed by atoms with E-state index in [4.69, 9.17) is 0 Å². The number of thiophene rings is 1. The first-order valence-electron chi connectivity index (χ1n) is 7.19. The Hall–Kier alpha value is -1.80. The van der Waals surface area contributed by atoms with Crippen LogP contribution in [-0.4, -0.2) is 0 Å². The van der Waals surface area contributed by atoms with Gasteiger partial charge in [0, 0.05) is 16.9 Å². The number of fused-ring (bicyclic) bond motifs is 1. The molecule has 1 aliphatic carbocycles. The van der Waals surface area contributed by atoms with Gasteiger partial charge in [0.25, 0.3) is 0 Å². The molecule has 1 saturated carbocycles. The Morgan fingerprint density at radius 2 is 1.95 bits per heavy atom. The summed E-state index contributed by atoms with van der Waals surface area (Å²) in [6, 6.07) is 17.7. The van der Waals surface area contributed by atoms with Crippen molar-refractivity contribution in [3.8, 4) is 0 Å². The Morgan fingerprint density at radius 3 is 2.85 bits per heavy atom. The van der Waals surface area contributed by atoms with Gasteiger partial charge in [-0.2, -0.15) is 0 Å². The second kappa shape index (κ2) is 4.95. The molecule has 0 aliphatic heterocycles. The Morgan fingerprint density at radius 1 is 1.05 bits per heavy atom. The summed E-state index contributed by atoms with van der Waals surface area (Å²) in [4.78, 5) is 0. The first-order valence-corrected chi connectivity index (χ1v) is 8.07. The zero-order valence-corrected chi connectivity index (χ0v) is 12.1. The lowest BCUT2D eigenvalue weighted by molar-refractivity contribution is 1.04. The van der Waals surface area contributed by atoms with Crippen LogP contribution in [0.15, 0.2) is 53.9 Å². The van der Waals surface area contributed by atoms with Crippen molar-refractivity contribution >= 4 is 27.1 Å². The molecule has 0 bridgehead atoms. The summed E-state index contributed by atoms with van der Waals surface area (Å²) in [5.74, 6) is 0.812. The number of hydrogen-bond acceptors (Lipinski definition) is 2. The average Bonchev–Trinajstić information content (AvgIpc) is 3.23. The molecule has 1 fully saturated rings. The van der Waals surface area contributed by atoms with E-state index in [1.807, 2.05) is 0 Å². The molecule has 0 amide bonds. The zero-order chi connectivity index (χ0) is 13.4. The molecule has 1 aromatic heterocycles. The zero-order valence-electron chi connectivity index (χ0n) is 11.3. The summed E-state index contributed by atoms with van der Waals surface area (Å²) in [6.07, 6.45) is 2.72. The predicted molar refractivity (Wildman–Crippen MR) is 87.6 cm³/mol. The highest BCUT2D eigenvalue weighted by Gasteiger charge is 2.25. The van der Waals surface area contributed by atoms with E-state index in [2.05, 4.69) is 59.2 Å². The van der Waals surface area contributed by atoms with Crippen LogP contribution < -0.4 is 5.32 Å². The third-order valence-corrected chi connectivity index (χ3v) is 4.91. The minimum atomic E-state index is 0.812. The minimum absolute atomic E-state index is 0.812. The summed E-state index contributed by atoms with van der Waals surface area (Å²) in [5, 5.41) is 7.05. The van der Waals surface area contributed by atoms with Crippen molar-refractivity contribution in [1.82, 2.24) is 0 Å². The van der Waals surface area contributed by atoms with E-state index >= 15 is 0 Å². The molecule has 3 aromatic rings. The van der Waals surface area contributed by atoms with Gasteiger partial charge in [-0.05, 0) is 64.9 Å². The van der Waals surface area contributed by atoms with Gasteiger partial charge in [-0.25, -0.2) is 0 Å². The SMILES string of the molecule is c1ccc(C2CC2)c(CNc2ccc3sccc3c2)c1. The van der Waals surface area contributed by atoms with Gasteiger partial charge in [-0.1, -0.05) is 24.3 Å². The standard InChI is InChI=1S/C18H17NS/c1-2-4-17(13-5-6-13)15(3-1)12-19-16-7-8-18-14(11-16)9-10-20-18/h1-4,7-11,13,19H,5-6,12H2. The summed E-state index contributed by atoms with van der Waals surface area (Å²) >= 11 is 1.80. The summed E-state index contributed by atoms with van der Waals surface area (Å²) in [5.41, 5.74) is 4.19. The van der Waals surface area contributed by atoms with Gasteiger partial charge in [-0.3, -0.25) is 0 Å². The molecule has 0 saturated heterocycles. The molecule has 0 unspecified atom stereocenters. The van der Waals surface area contributed by atoms with Crippen LogP contribution in [0.2, 0.25) is 0 Å². The maximum Gasteiger partial charge on any atom is 0.0403 e. The van der Waals surface area contributed by atoms with E-state index in [0.29, 0.717) is 0 Å². The number of benzene rings is 2. The second-order valence-electron chi connectivity index (χ2n) is 5.50. The van der Waals surface area contributed by atoms with Gasteiger partial charge < -0.3 is 5.32 Å². The molecule has 1 N–H and O–H groups in total. The molecule has 4 rings (SSSR count). The number of anilines is 1. The number of rotatable bonds is 4. The highest BCUT2D eigenvalue weighted by atomic mass is 32.1. The molecule has 2 heteroatoms. The summed E-state index contributed by atoms with van der Waals surface area (Å²) in [7, 11) is 0. The molecule has 1 aliphatic rings. The maximum atomic E-state index is 3.57. The molecular weight excluding hydrogens is 262 g/mol. The molecule has 20 heavy (non-hydrogen) atoms. The van der Waals surface area contributed by atoms with Crippen LogP contribution in [0.1, 0.15) is 29.9 Å². The monoisotopic (exact) mass is 279 g/mol. The third-order valence-electron chi connectivity index (χ3n) is 4.01. The van der Waals surface area contributed by atoms with Crippen LogP contribution in [0.4, 0.5) is 5.69 Å². The Bertz CT molecular complexity index is 740. The molecule has 1 heterocycles. The van der Waals surface area contributed by atoms with Crippen LogP contribution in [0.3, 0.4) is 0 Å². The van der Waals surface area contributed by atoms with Gasteiger partial charge in [0.05, 0.1) is 0 Å². The van der Waals surface area contributed by atoms with Crippen LogP contribution in [0.5, 0.6) is 0 Å². The molecule has 0 atom stereocenters. The van der Waals surface area contributed by atoms with Crippen LogP contribution in [0.25, 0.3) is 10.1 Å². The lowest BCUT2D eigenvalue weighted by Gasteiger charge is -2.11. The second-order valence-corrected chi connectivity index (χ2v) is 6.45. The lowest BCUT2D eigenvalue weighted by Crippen LogP contribution is -2.02. The topological polar surface area (TPSA) is 12.0 Å². The maximum absolute atomic E-state index is 3.57. The van der Waals surface area contributed by atoms with Crippen molar-refractivity contribution in [2.45, 2.75) is 25.3 Å². The van der Waals surface area contributed by atoms with Gasteiger partial charge in [-0.15, -0.1) is 11.3 Å². The molecular formula is C18H17NS. The average molecular weight is 279 g/mol. The first-order chi connectivity index (χ1) is 9.90. The van der Waals surface area contributed by atoms with E-state index in [-0.39, 0.29) is 0 Å². The normalized spacial score (nSPS) is 14.6. The highest BCUT2D eigenvalue weighted by Crippen LogP contribution is 2.41. The molecule has 100 valence electrons. The first kappa shape index (κ1) is 12.0. The molecule has 0 radical (unpaired) electrons.